The van der Waals surface area contributed by atoms with Crippen LogP contribution >= 0.6 is 11.8 Å². The zero-order valence-electron chi connectivity index (χ0n) is 22.7. The maximum Gasteiger partial charge on any atom is 0.326 e. The van der Waals surface area contributed by atoms with E-state index in [4.69, 9.17) is 0 Å². The number of carboxylic acid groups (broad SMARTS) is 1. The van der Waals surface area contributed by atoms with Crippen molar-refractivity contribution in [3.8, 4) is 5.75 Å². The van der Waals surface area contributed by atoms with Crippen molar-refractivity contribution < 1.29 is 34.2 Å². The summed E-state index contributed by atoms with van der Waals surface area (Å²) in [6.45, 7) is 2.03. The molecule has 1 aliphatic carbocycles. The molecule has 218 valence electrons. The van der Waals surface area contributed by atoms with E-state index < -0.39 is 35.4 Å². The standard InChI is InChI=1S/C28H38N4O7S/c1-17(33)32-14-8-20(18-4-6-19(34)7-5-18)23(32)25(36)30-22-16-40-15-9-21(26(37)38)31-27(39)28(10-2-3-11-28)12-13-29-24(22)35/h4-7,20-23,34H,2-3,8-16H2,1H3,(H,29,35)(H,30,36)(H,31,39)(H,37,38)/t20?,21-,22-,23?/m0/s1. The first kappa shape index (κ1) is 29.7. The molecule has 40 heavy (non-hydrogen) atoms. The van der Waals surface area contributed by atoms with Crippen LogP contribution in [0.2, 0.25) is 0 Å². The Morgan fingerprint density at radius 3 is 2.42 bits per heavy atom. The fourth-order valence-corrected chi connectivity index (χ4v) is 7.18. The molecule has 2 saturated heterocycles. The van der Waals surface area contributed by atoms with Gasteiger partial charge in [-0.3, -0.25) is 19.2 Å². The monoisotopic (exact) mass is 574 g/mol. The van der Waals surface area contributed by atoms with E-state index in [0.29, 0.717) is 38.0 Å². The van der Waals surface area contributed by atoms with Gasteiger partial charge in [0.2, 0.25) is 23.6 Å². The second kappa shape index (κ2) is 12.9. The van der Waals surface area contributed by atoms with Crippen molar-refractivity contribution in [1.82, 2.24) is 20.9 Å². The quantitative estimate of drug-likeness (QED) is 0.360. The van der Waals surface area contributed by atoms with Crippen molar-refractivity contribution in [3.63, 3.8) is 0 Å². The fraction of sp³-hybridized carbons (Fsp3) is 0.607. The SMILES string of the molecule is CC(=O)N1CCC(c2ccc(O)cc2)C1C(=O)N[C@H]1CSCC[C@@H](C(=O)O)NC(=O)C2(CCCC2)CCNC1=O. The number of hydrogen-bond acceptors (Lipinski definition) is 7. The molecule has 1 saturated carbocycles. The summed E-state index contributed by atoms with van der Waals surface area (Å²) in [6, 6.07) is 3.81. The van der Waals surface area contributed by atoms with Gasteiger partial charge in [0.1, 0.15) is 23.9 Å². The second-order valence-electron chi connectivity index (χ2n) is 11.0. The minimum Gasteiger partial charge on any atom is -0.508 e. The van der Waals surface area contributed by atoms with Crippen LogP contribution in [0.3, 0.4) is 0 Å². The molecule has 1 aromatic rings. The lowest BCUT2D eigenvalue weighted by atomic mass is 9.81. The van der Waals surface area contributed by atoms with E-state index in [2.05, 4.69) is 16.0 Å². The van der Waals surface area contributed by atoms with E-state index in [1.807, 2.05) is 0 Å². The molecule has 3 fully saturated rings. The van der Waals surface area contributed by atoms with Crippen LogP contribution in [0.4, 0.5) is 0 Å². The number of aromatic hydroxyl groups is 1. The van der Waals surface area contributed by atoms with Crippen LogP contribution in [0.25, 0.3) is 0 Å². The number of rotatable bonds is 4. The van der Waals surface area contributed by atoms with Gasteiger partial charge in [-0.15, -0.1) is 0 Å². The van der Waals surface area contributed by atoms with Crippen molar-refractivity contribution in [1.29, 1.82) is 0 Å². The number of carboxylic acids is 1. The van der Waals surface area contributed by atoms with E-state index in [-0.39, 0.29) is 48.1 Å². The molecule has 2 heterocycles. The van der Waals surface area contributed by atoms with Gasteiger partial charge in [0.15, 0.2) is 0 Å². The van der Waals surface area contributed by atoms with E-state index >= 15 is 0 Å². The minimum atomic E-state index is -1.10. The third-order valence-electron chi connectivity index (χ3n) is 8.41. The highest BCUT2D eigenvalue weighted by atomic mass is 32.2. The summed E-state index contributed by atoms with van der Waals surface area (Å²) in [5.41, 5.74) is 0.0959. The number of nitrogens with one attached hydrogen (secondary N) is 3. The highest BCUT2D eigenvalue weighted by Crippen LogP contribution is 2.41. The number of carbonyl (C=O) groups excluding carboxylic acids is 4. The topological polar surface area (TPSA) is 165 Å². The lowest BCUT2D eigenvalue weighted by Gasteiger charge is -2.30. The van der Waals surface area contributed by atoms with Crippen molar-refractivity contribution in [2.24, 2.45) is 5.41 Å². The molecule has 1 spiro atoms. The second-order valence-corrected chi connectivity index (χ2v) is 12.1. The van der Waals surface area contributed by atoms with Gasteiger partial charge in [0, 0.05) is 31.7 Å². The van der Waals surface area contributed by atoms with Crippen LogP contribution in [0.1, 0.15) is 63.4 Å². The van der Waals surface area contributed by atoms with E-state index in [0.717, 1.165) is 18.4 Å². The Labute approximate surface area is 237 Å². The van der Waals surface area contributed by atoms with Crippen molar-refractivity contribution in [2.45, 2.75) is 75.9 Å². The van der Waals surface area contributed by atoms with Gasteiger partial charge in [0.05, 0.1) is 5.41 Å². The van der Waals surface area contributed by atoms with E-state index in [9.17, 15) is 34.2 Å². The third-order valence-corrected chi connectivity index (χ3v) is 9.50. The predicted molar refractivity (Wildman–Crippen MR) is 149 cm³/mol. The number of hydrogen-bond donors (Lipinski definition) is 5. The molecule has 0 aromatic heterocycles. The number of benzene rings is 1. The molecule has 0 bridgehead atoms. The molecule has 4 rings (SSSR count). The first-order valence-corrected chi connectivity index (χ1v) is 15.0. The number of phenolic OH excluding ortho intramolecular Hbond substituents is 1. The van der Waals surface area contributed by atoms with Crippen molar-refractivity contribution in [3.05, 3.63) is 29.8 Å². The molecule has 11 nitrogen and oxygen atoms in total. The summed E-state index contributed by atoms with van der Waals surface area (Å²) in [7, 11) is 0. The molecule has 3 aliphatic rings. The average molecular weight is 575 g/mol. The summed E-state index contributed by atoms with van der Waals surface area (Å²) >= 11 is 1.32. The number of carbonyl (C=O) groups is 5. The number of amides is 4. The minimum absolute atomic E-state index is 0.102. The molecule has 4 atom stereocenters. The Hall–Kier alpha value is -3.28. The van der Waals surface area contributed by atoms with Crippen LogP contribution in [0.5, 0.6) is 5.75 Å². The zero-order valence-corrected chi connectivity index (χ0v) is 23.5. The van der Waals surface area contributed by atoms with Crippen molar-refractivity contribution in [2.75, 3.05) is 24.6 Å². The first-order chi connectivity index (χ1) is 19.1. The largest absolute Gasteiger partial charge is 0.508 e. The van der Waals surface area contributed by atoms with Crippen LogP contribution in [-0.2, 0) is 24.0 Å². The normalized spacial score (nSPS) is 27.6. The Kier molecular flexibility index (Phi) is 9.60. The van der Waals surface area contributed by atoms with Gasteiger partial charge in [-0.05, 0) is 55.6 Å². The maximum absolute atomic E-state index is 13.7. The molecule has 4 amide bonds. The summed E-state index contributed by atoms with van der Waals surface area (Å²) in [5, 5.41) is 27.9. The summed E-state index contributed by atoms with van der Waals surface area (Å²) in [6.07, 6.45) is 4.14. The third kappa shape index (κ3) is 6.71. The number of nitrogens with zero attached hydrogens (tertiary/aromatic N) is 1. The van der Waals surface area contributed by atoms with Crippen LogP contribution in [0.15, 0.2) is 24.3 Å². The van der Waals surface area contributed by atoms with Gasteiger partial charge in [0.25, 0.3) is 0 Å². The van der Waals surface area contributed by atoms with Gasteiger partial charge in [-0.2, -0.15) is 11.8 Å². The number of thioether (sulfide) groups is 1. The molecule has 5 N–H and O–H groups in total. The fourth-order valence-electron chi connectivity index (χ4n) is 6.14. The van der Waals surface area contributed by atoms with Crippen LogP contribution < -0.4 is 16.0 Å². The lowest BCUT2D eigenvalue weighted by Crippen LogP contribution is -2.55. The summed E-state index contributed by atoms with van der Waals surface area (Å²) in [5.74, 6) is -2.05. The number of phenols is 1. The highest BCUT2D eigenvalue weighted by Gasteiger charge is 2.44. The predicted octanol–water partition coefficient (Wildman–Crippen LogP) is 1.35. The lowest BCUT2D eigenvalue weighted by molar-refractivity contribution is -0.144. The molecular weight excluding hydrogens is 536 g/mol. The van der Waals surface area contributed by atoms with E-state index in [1.165, 1.54) is 23.6 Å². The van der Waals surface area contributed by atoms with Gasteiger partial charge >= 0.3 is 5.97 Å². The Bertz CT molecular complexity index is 1120. The average Bonchev–Trinajstić information content (AvgIpc) is 3.58. The Morgan fingerprint density at radius 1 is 1.07 bits per heavy atom. The van der Waals surface area contributed by atoms with Crippen molar-refractivity contribution >= 4 is 41.4 Å². The van der Waals surface area contributed by atoms with E-state index in [1.54, 1.807) is 24.3 Å². The first-order valence-electron chi connectivity index (χ1n) is 13.9. The molecule has 2 aliphatic heterocycles. The summed E-state index contributed by atoms with van der Waals surface area (Å²) in [4.78, 5) is 65.9. The molecule has 12 heteroatoms. The van der Waals surface area contributed by atoms with Crippen LogP contribution in [-0.4, -0.2) is 87.4 Å². The summed E-state index contributed by atoms with van der Waals surface area (Å²) < 4.78 is 0. The number of likely N-dealkylation sites (tertiary alicyclic amines) is 1. The zero-order chi connectivity index (χ0) is 28.9. The maximum atomic E-state index is 13.7. The number of aliphatic carboxylic acids is 1. The Morgan fingerprint density at radius 2 is 1.77 bits per heavy atom. The van der Waals surface area contributed by atoms with Crippen LogP contribution in [0, 0.1) is 5.41 Å². The molecule has 0 radical (unpaired) electrons. The molecule has 1 aromatic carbocycles. The van der Waals surface area contributed by atoms with Gasteiger partial charge in [-0.25, -0.2) is 4.79 Å². The smallest absolute Gasteiger partial charge is 0.326 e. The Balaban J connectivity index is 1.52. The molecule has 2 unspecified atom stereocenters. The molecular formula is C28H38N4O7S. The van der Waals surface area contributed by atoms with Gasteiger partial charge < -0.3 is 31.1 Å². The highest BCUT2D eigenvalue weighted by molar-refractivity contribution is 7.99. The van der Waals surface area contributed by atoms with Gasteiger partial charge in [-0.1, -0.05) is 25.0 Å².